The van der Waals surface area contributed by atoms with Crippen LogP contribution in [0, 0.1) is 27.2 Å². The number of benzene rings is 2. The Labute approximate surface area is 300 Å². The number of imide groups is 1. The van der Waals surface area contributed by atoms with Crippen molar-refractivity contribution in [3.8, 4) is 11.5 Å². The largest absolute Gasteiger partial charge is 0.504 e. The number of fused-ring (bicyclic) bond motifs is 3. The second-order valence-corrected chi connectivity index (χ2v) is 14.5. The number of carbonyl (C=O) groups is 2. The highest BCUT2D eigenvalue weighted by Gasteiger charge is 2.58. The molecule has 0 radical (unpaired) electrons. The van der Waals surface area contributed by atoms with Gasteiger partial charge in [-0.1, -0.05) is 44.4 Å². The number of phenolic OH excluding ortho intramolecular Hbond substituents is 1. The van der Waals surface area contributed by atoms with Gasteiger partial charge in [0.25, 0.3) is 0 Å². The van der Waals surface area contributed by atoms with Crippen LogP contribution >= 0.6 is 22.6 Å². The molecule has 2 aromatic carbocycles. The van der Waals surface area contributed by atoms with E-state index in [2.05, 4.69) is 0 Å². The summed E-state index contributed by atoms with van der Waals surface area (Å²) >= 11 is 2.02. The van der Waals surface area contributed by atoms with E-state index in [1.54, 1.807) is 6.07 Å². The first kappa shape index (κ1) is 38.2. The molecule has 3 aliphatic rings. The maximum Gasteiger partial charge on any atom is 0.455 e. The zero-order valence-corrected chi connectivity index (χ0v) is 29.9. The number of phenols is 1. The van der Waals surface area contributed by atoms with Crippen LogP contribution < -0.4 is 9.64 Å². The molecule has 2 heterocycles. The lowest BCUT2D eigenvalue weighted by atomic mass is 9.57. The second kappa shape index (κ2) is 14.5. The van der Waals surface area contributed by atoms with E-state index >= 15 is 0 Å². The molecule has 2 aromatic rings. The number of aromatic hydroxyl groups is 1. The molecular weight excluding hydrogens is 782 g/mol. The van der Waals surface area contributed by atoms with E-state index in [-0.39, 0.29) is 30.5 Å². The highest BCUT2D eigenvalue weighted by Crippen LogP contribution is 2.53. The third-order valence-electron chi connectivity index (χ3n) is 9.71. The maximum absolute atomic E-state index is 14.0. The summed E-state index contributed by atoms with van der Waals surface area (Å²) < 4.78 is 94.2. The Hall–Kier alpha value is -3.05. The van der Waals surface area contributed by atoms with Gasteiger partial charge in [-0.3, -0.25) is 9.59 Å². The molecule has 0 aromatic heterocycles. The van der Waals surface area contributed by atoms with Gasteiger partial charge in [0.15, 0.2) is 11.5 Å². The van der Waals surface area contributed by atoms with Crippen LogP contribution in [0.1, 0.15) is 69.6 Å². The first-order chi connectivity index (χ1) is 23.3. The minimum atomic E-state index is -5.16. The van der Waals surface area contributed by atoms with Crippen molar-refractivity contribution < 1.29 is 55.5 Å². The summed E-state index contributed by atoms with van der Waals surface area (Å²) in [7, 11) is 0.147. The van der Waals surface area contributed by atoms with Crippen molar-refractivity contribution in [2.24, 2.45) is 23.7 Å². The predicted molar refractivity (Wildman–Crippen MR) is 183 cm³/mol. The molecule has 7 nitrogen and oxygen atoms in total. The van der Waals surface area contributed by atoms with Crippen LogP contribution in [0.5, 0.6) is 11.5 Å². The Kier molecular flexibility index (Phi) is 11.1. The summed E-state index contributed by atoms with van der Waals surface area (Å²) in [5.74, 6) is -4.36. The molecule has 50 heavy (non-hydrogen) atoms. The van der Waals surface area contributed by atoms with Crippen molar-refractivity contribution in [2.45, 2.75) is 77.7 Å². The Morgan fingerprint density at radius 1 is 1.04 bits per heavy atom. The van der Waals surface area contributed by atoms with E-state index in [1.165, 1.54) is 7.11 Å². The molecule has 5 rings (SSSR count). The molecular formula is C35H37BF6INO6. The van der Waals surface area contributed by atoms with Gasteiger partial charge in [0.05, 0.1) is 45.4 Å². The molecule has 270 valence electrons. The van der Waals surface area contributed by atoms with Crippen LogP contribution in [0.3, 0.4) is 0 Å². The molecule has 1 aliphatic carbocycles. The average molecular weight is 819 g/mol. The molecule has 0 saturated carbocycles. The number of methoxy groups -OCH3 is 1. The van der Waals surface area contributed by atoms with Crippen LogP contribution in [0.15, 0.2) is 47.1 Å². The van der Waals surface area contributed by atoms with Crippen molar-refractivity contribution in [1.29, 1.82) is 0 Å². The maximum atomic E-state index is 14.0. The summed E-state index contributed by atoms with van der Waals surface area (Å²) in [4.78, 5) is 28.3. The van der Waals surface area contributed by atoms with Gasteiger partial charge < -0.3 is 19.5 Å². The van der Waals surface area contributed by atoms with E-state index < -0.39 is 72.0 Å². The highest BCUT2D eigenvalue weighted by molar-refractivity contribution is 14.1. The fourth-order valence-corrected chi connectivity index (χ4v) is 8.17. The van der Waals surface area contributed by atoms with E-state index in [0.717, 1.165) is 35.1 Å². The minimum Gasteiger partial charge on any atom is -0.504 e. The molecule has 15 heteroatoms. The fraction of sp³-hybridized carbons (Fsp3) is 0.486. The van der Waals surface area contributed by atoms with Crippen molar-refractivity contribution in [3.63, 3.8) is 0 Å². The lowest BCUT2D eigenvalue weighted by molar-refractivity contribution is -0.143. The first-order valence-electron chi connectivity index (χ1n) is 16.3. The zero-order valence-electron chi connectivity index (χ0n) is 27.8. The van der Waals surface area contributed by atoms with Gasteiger partial charge in [0.2, 0.25) is 11.8 Å². The van der Waals surface area contributed by atoms with Crippen molar-refractivity contribution in [1.82, 2.24) is 0 Å². The summed E-state index contributed by atoms with van der Waals surface area (Å²) in [6.07, 6.45) is -6.45. The van der Waals surface area contributed by atoms with E-state index in [9.17, 15) is 46.1 Å². The number of halogens is 7. The second-order valence-electron chi connectivity index (χ2n) is 13.3. The van der Waals surface area contributed by atoms with Gasteiger partial charge in [0, 0.05) is 0 Å². The molecule has 2 N–H and O–H groups in total. The molecule has 0 unspecified atom stereocenters. The third kappa shape index (κ3) is 7.59. The number of allylic oxidation sites excluding steroid dienone is 2. The Morgan fingerprint density at radius 2 is 1.68 bits per heavy atom. The standard InChI is InChI=1S/C35H37BF6INO6/c1-5-6-18(9-19-10-26(43)31(45)28(11-19)49-4)7-8-27-29-23(17(2)3)15-24-30(25(29)16-36(48)50-27)33(47)44(32(24)46)22-13-20(34(37,38)39)12-21(14-22)35(40,41)42/h9-14,17,24-25,27,30,45,48H,5-8,15-16H2,1-4H3/b18-9+/t24-,25+,27-,30-/m1/s1. The molecule has 0 bridgehead atoms. The topological polar surface area (TPSA) is 96.3 Å². The number of nitrogens with zero attached hydrogens (tertiary/aromatic N) is 1. The number of carbonyl (C=O) groups excluding carboxylic acids is 2. The summed E-state index contributed by atoms with van der Waals surface area (Å²) in [5, 5.41) is 21.2. The summed E-state index contributed by atoms with van der Waals surface area (Å²) in [6, 6.07) is 4.29. The number of rotatable bonds is 9. The average Bonchev–Trinajstić information content (AvgIpc) is 3.28. The van der Waals surface area contributed by atoms with Crippen LogP contribution in [-0.4, -0.2) is 42.3 Å². The predicted octanol–water partition coefficient (Wildman–Crippen LogP) is 8.66. The molecule has 4 atom stereocenters. The Balaban J connectivity index is 1.50. The van der Waals surface area contributed by atoms with Crippen LogP contribution in [-0.2, 0) is 26.6 Å². The first-order valence-corrected chi connectivity index (χ1v) is 17.4. The van der Waals surface area contributed by atoms with Gasteiger partial charge in [-0.15, -0.1) is 0 Å². The van der Waals surface area contributed by atoms with Crippen LogP contribution in [0.2, 0.25) is 6.32 Å². The van der Waals surface area contributed by atoms with E-state index in [1.807, 2.05) is 55.5 Å². The SMILES string of the molecule is CCC/C(=C\c1cc(I)c(O)c(OC)c1)CC[C@H]1OB(O)C[C@H]2C1=C(C(C)C)C[C@H]1C(=O)N(c3cc(C(F)(F)F)cc(C(F)(F)F)c3)C(=O)[C@H]12. The normalized spacial score (nSPS) is 23.2. The highest BCUT2D eigenvalue weighted by atomic mass is 127. The molecule has 2 saturated heterocycles. The van der Waals surface area contributed by atoms with Crippen LogP contribution in [0.25, 0.3) is 6.08 Å². The number of amides is 2. The quantitative estimate of drug-likeness (QED) is 0.0865. The fourth-order valence-electron chi connectivity index (χ4n) is 7.55. The monoisotopic (exact) mass is 819 g/mol. The smallest absolute Gasteiger partial charge is 0.455 e. The Morgan fingerprint density at radius 3 is 2.24 bits per heavy atom. The Bertz CT molecular complexity index is 1690. The molecule has 2 amide bonds. The van der Waals surface area contributed by atoms with Crippen LogP contribution in [0.4, 0.5) is 32.0 Å². The molecule has 2 fully saturated rings. The van der Waals surface area contributed by atoms with Gasteiger partial charge in [-0.25, -0.2) is 4.90 Å². The number of alkyl halides is 6. The zero-order chi connectivity index (χ0) is 36.9. The third-order valence-corrected chi connectivity index (χ3v) is 10.5. The van der Waals surface area contributed by atoms with Gasteiger partial charge >= 0.3 is 19.5 Å². The molecule has 0 spiro atoms. The number of anilines is 1. The van der Waals surface area contributed by atoms with Gasteiger partial charge in [-0.05, 0) is 108 Å². The van der Waals surface area contributed by atoms with Gasteiger partial charge in [0.1, 0.15) is 0 Å². The van der Waals surface area contributed by atoms with Crippen molar-refractivity contribution in [2.75, 3.05) is 12.0 Å². The van der Waals surface area contributed by atoms with E-state index in [4.69, 9.17) is 9.39 Å². The lowest BCUT2D eigenvalue weighted by Crippen LogP contribution is -2.46. The number of ether oxygens (including phenoxy) is 1. The lowest BCUT2D eigenvalue weighted by Gasteiger charge is -2.44. The molecule has 2 aliphatic heterocycles. The summed E-state index contributed by atoms with van der Waals surface area (Å²) in [5.41, 5.74) is -0.588. The van der Waals surface area contributed by atoms with Crippen molar-refractivity contribution >= 4 is 53.3 Å². The number of hydrogen-bond acceptors (Lipinski definition) is 6. The number of hydrogen-bond donors (Lipinski definition) is 2. The minimum absolute atomic E-state index is 0.0361. The van der Waals surface area contributed by atoms with E-state index in [0.29, 0.717) is 39.2 Å². The van der Waals surface area contributed by atoms with Gasteiger partial charge in [-0.2, -0.15) is 26.3 Å². The summed E-state index contributed by atoms with van der Waals surface area (Å²) in [6.45, 7) is 5.85. The van der Waals surface area contributed by atoms with Crippen molar-refractivity contribution in [3.05, 3.63) is 67.3 Å².